The molecule has 0 saturated carbocycles. The lowest BCUT2D eigenvalue weighted by Gasteiger charge is -2.33. The molecule has 9 heteroatoms. The summed E-state index contributed by atoms with van der Waals surface area (Å²) in [6.45, 7) is 2.01. The number of halogens is 1. The highest BCUT2D eigenvalue weighted by Crippen LogP contribution is 2.27. The summed E-state index contributed by atoms with van der Waals surface area (Å²) in [6.07, 6.45) is 4.12. The number of anilines is 1. The Kier molecular flexibility index (Phi) is 5.80. The number of aromatic nitrogens is 4. The summed E-state index contributed by atoms with van der Waals surface area (Å²) in [7, 11) is 1.65. The molecule has 29 heavy (non-hydrogen) atoms. The van der Waals surface area contributed by atoms with Crippen molar-refractivity contribution in [3.8, 4) is 5.75 Å². The van der Waals surface area contributed by atoms with Gasteiger partial charge >= 0.3 is 0 Å². The molecule has 4 rings (SSSR count). The predicted octanol–water partition coefficient (Wildman–Crippen LogP) is 2.59. The summed E-state index contributed by atoms with van der Waals surface area (Å²) in [5.41, 5.74) is 2.44. The molecule has 0 bridgehead atoms. The number of carbonyl (C=O) groups excluding carboxylic acids is 1. The van der Waals surface area contributed by atoms with Crippen molar-refractivity contribution >= 4 is 34.5 Å². The van der Waals surface area contributed by atoms with E-state index in [-0.39, 0.29) is 17.1 Å². The zero-order valence-electron chi connectivity index (χ0n) is 16.2. The van der Waals surface area contributed by atoms with Crippen LogP contribution in [-0.2, 0) is 11.2 Å². The average molecular weight is 415 g/mol. The van der Waals surface area contributed by atoms with Gasteiger partial charge in [-0.05, 0) is 48.6 Å². The van der Waals surface area contributed by atoms with Crippen molar-refractivity contribution in [2.45, 2.75) is 19.3 Å². The lowest BCUT2D eigenvalue weighted by molar-refractivity contribution is -0.125. The molecule has 2 aromatic heterocycles. The maximum Gasteiger partial charge on any atom is 0.226 e. The summed E-state index contributed by atoms with van der Waals surface area (Å²) in [6, 6.07) is 7.89. The molecule has 3 heterocycles. The van der Waals surface area contributed by atoms with Crippen LogP contribution in [0.25, 0.3) is 11.2 Å². The molecule has 1 fully saturated rings. The molecule has 1 aliphatic rings. The first kappa shape index (κ1) is 19.4. The summed E-state index contributed by atoms with van der Waals surface area (Å²) in [5.74, 6) is 1.51. The van der Waals surface area contributed by atoms with E-state index in [1.165, 1.54) is 0 Å². The molecule has 2 N–H and O–H groups in total. The van der Waals surface area contributed by atoms with Crippen molar-refractivity contribution in [1.82, 2.24) is 25.3 Å². The van der Waals surface area contributed by atoms with Crippen molar-refractivity contribution in [2.24, 2.45) is 5.92 Å². The van der Waals surface area contributed by atoms with Gasteiger partial charge in [-0.2, -0.15) is 9.97 Å². The molecule has 0 aliphatic carbocycles. The number of hydrogen-bond acceptors (Lipinski definition) is 6. The Bertz CT molecular complexity index is 990. The van der Waals surface area contributed by atoms with Gasteiger partial charge in [0.25, 0.3) is 0 Å². The van der Waals surface area contributed by atoms with Crippen molar-refractivity contribution in [1.29, 1.82) is 0 Å². The Morgan fingerprint density at radius 1 is 1.34 bits per heavy atom. The SMILES string of the molecule is COc1ccc(CCNC(=O)C2CCCN(c3nc(Cl)nc4nc[nH]c34)C2)cc1. The second kappa shape index (κ2) is 8.65. The smallest absolute Gasteiger partial charge is 0.226 e. The van der Waals surface area contributed by atoms with Crippen LogP contribution in [0, 0.1) is 5.92 Å². The van der Waals surface area contributed by atoms with Gasteiger partial charge in [-0.1, -0.05) is 12.1 Å². The van der Waals surface area contributed by atoms with E-state index in [2.05, 4.69) is 30.2 Å². The van der Waals surface area contributed by atoms with Crippen molar-refractivity contribution in [3.63, 3.8) is 0 Å². The maximum atomic E-state index is 12.7. The Morgan fingerprint density at radius 2 is 2.17 bits per heavy atom. The second-order valence-electron chi connectivity index (χ2n) is 7.09. The van der Waals surface area contributed by atoms with Gasteiger partial charge in [0.05, 0.1) is 19.4 Å². The monoisotopic (exact) mass is 414 g/mol. The minimum atomic E-state index is -0.0914. The van der Waals surface area contributed by atoms with Crippen LogP contribution in [0.3, 0.4) is 0 Å². The first-order valence-corrected chi connectivity index (χ1v) is 10.0. The minimum Gasteiger partial charge on any atom is -0.497 e. The summed E-state index contributed by atoms with van der Waals surface area (Å²) in [5, 5.41) is 3.23. The van der Waals surface area contributed by atoms with E-state index in [0.29, 0.717) is 24.6 Å². The number of aromatic amines is 1. The van der Waals surface area contributed by atoms with Crippen LogP contribution < -0.4 is 15.0 Å². The Morgan fingerprint density at radius 3 is 2.97 bits per heavy atom. The van der Waals surface area contributed by atoms with E-state index in [1.54, 1.807) is 13.4 Å². The Hall–Kier alpha value is -2.87. The third kappa shape index (κ3) is 4.42. The number of piperidine rings is 1. The zero-order valence-corrected chi connectivity index (χ0v) is 16.9. The van der Waals surface area contributed by atoms with E-state index in [1.807, 2.05) is 24.3 Å². The minimum absolute atomic E-state index is 0.0734. The molecule has 1 saturated heterocycles. The summed E-state index contributed by atoms with van der Waals surface area (Å²) < 4.78 is 5.17. The van der Waals surface area contributed by atoms with Crippen molar-refractivity contribution < 1.29 is 9.53 Å². The summed E-state index contributed by atoms with van der Waals surface area (Å²) >= 11 is 6.05. The number of hydrogen-bond donors (Lipinski definition) is 2. The number of methoxy groups -OCH3 is 1. The summed E-state index contributed by atoms with van der Waals surface area (Å²) in [4.78, 5) is 30.5. The molecule has 1 atom stereocenters. The standard InChI is InChI=1S/C20H23ClN6O2/c1-29-15-6-4-13(5-7-15)8-9-22-19(28)14-3-2-10-27(11-14)18-16-17(24-12-23-16)25-20(21)26-18/h4-7,12,14H,2-3,8-11H2,1H3,(H,22,28)(H,23,24,25,26). The fraction of sp³-hybridized carbons (Fsp3) is 0.400. The van der Waals surface area contributed by atoms with Gasteiger partial charge in [-0.15, -0.1) is 0 Å². The molecule has 1 amide bonds. The molecule has 0 spiro atoms. The van der Waals surface area contributed by atoms with E-state index >= 15 is 0 Å². The second-order valence-corrected chi connectivity index (χ2v) is 7.43. The highest BCUT2D eigenvalue weighted by Gasteiger charge is 2.28. The van der Waals surface area contributed by atoms with Crippen LogP contribution in [0.15, 0.2) is 30.6 Å². The van der Waals surface area contributed by atoms with E-state index in [9.17, 15) is 4.79 Å². The van der Waals surface area contributed by atoms with Gasteiger partial charge in [-0.25, -0.2) is 4.98 Å². The number of rotatable bonds is 6. The number of benzene rings is 1. The van der Waals surface area contributed by atoms with E-state index in [4.69, 9.17) is 16.3 Å². The van der Waals surface area contributed by atoms with Crippen LogP contribution >= 0.6 is 11.6 Å². The number of nitrogens with one attached hydrogen (secondary N) is 2. The number of H-pyrrole nitrogens is 1. The van der Waals surface area contributed by atoms with Gasteiger partial charge in [0.2, 0.25) is 11.2 Å². The van der Waals surface area contributed by atoms with Crippen molar-refractivity contribution in [3.05, 3.63) is 41.4 Å². The number of imidazole rings is 1. The van der Waals surface area contributed by atoms with Gasteiger partial charge in [-0.3, -0.25) is 4.79 Å². The molecule has 1 unspecified atom stereocenters. The lowest BCUT2D eigenvalue weighted by atomic mass is 9.97. The number of fused-ring (bicyclic) bond motifs is 1. The van der Waals surface area contributed by atoms with Crippen LogP contribution in [0.1, 0.15) is 18.4 Å². The molecule has 152 valence electrons. The third-order valence-electron chi connectivity index (χ3n) is 5.20. The van der Waals surface area contributed by atoms with Crippen LogP contribution in [0.2, 0.25) is 5.28 Å². The first-order valence-electron chi connectivity index (χ1n) is 9.66. The zero-order chi connectivity index (χ0) is 20.2. The Balaban J connectivity index is 1.36. The average Bonchev–Trinajstić information content (AvgIpc) is 3.22. The number of carbonyl (C=O) groups is 1. The van der Waals surface area contributed by atoms with Crippen LogP contribution in [0.5, 0.6) is 5.75 Å². The fourth-order valence-corrected chi connectivity index (χ4v) is 3.83. The Labute approximate surface area is 173 Å². The molecule has 0 radical (unpaired) electrons. The number of nitrogens with zero attached hydrogens (tertiary/aromatic N) is 4. The molecule has 8 nitrogen and oxygen atoms in total. The van der Waals surface area contributed by atoms with E-state index in [0.717, 1.165) is 42.6 Å². The largest absolute Gasteiger partial charge is 0.497 e. The van der Waals surface area contributed by atoms with Gasteiger partial charge in [0.1, 0.15) is 11.3 Å². The van der Waals surface area contributed by atoms with Crippen molar-refractivity contribution in [2.75, 3.05) is 31.6 Å². The van der Waals surface area contributed by atoms with Crippen LogP contribution in [-0.4, -0.2) is 52.6 Å². The fourth-order valence-electron chi connectivity index (χ4n) is 3.67. The molecular weight excluding hydrogens is 392 g/mol. The first-order chi connectivity index (χ1) is 14.1. The topological polar surface area (TPSA) is 96.0 Å². The molecule has 1 aliphatic heterocycles. The van der Waals surface area contributed by atoms with Gasteiger partial charge < -0.3 is 19.9 Å². The highest BCUT2D eigenvalue weighted by atomic mass is 35.5. The highest BCUT2D eigenvalue weighted by molar-refractivity contribution is 6.28. The van der Waals surface area contributed by atoms with Gasteiger partial charge in [0, 0.05) is 19.6 Å². The molecule has 1 aromatic carbocycles. The number of amides is 1. The normalized spacial score (nSPS) is 16.8. The maximum absolute atomic E-state index is 12.7. The quantitative estimate of drug-likeness (QED) is 0.602. The van der Waals surface area contributed by atoms with Gasteiger partial charge in [0.15, 0.2) is 11.5 Å². The molecule has 3 aromatic rings. The number of ether oxygens (including phenoxy) is 1. The predicted molar refractivity (Wildman–Crippen MR) is 111 cm³/mol. The third-order valence-corrected chi connectivity index (χ3v) is 5.37. The molecular formula is C20H23ClN6O2. The lowest BCUT2D eigenvalue weighted by Crippen LogP contribution is -2.44. The van der Waals surface area contributed by atoms with E-state index < -0.39 is 0 Å². The van der Waals surface area contributed by atoms with Crippen LogP contribution in [0.4, 0.5) is 5.82 Å².